The van der Waals surface area contributed by atoms with Crippen molar-refractivity contribution >= 4 is 17.5 Å². The molecule has 0 bridgehead atoms. The number of aromatic nitrogens is 6. The van der Waals surface area contributed by atoms with Crippen LogP contribution in [0.5, 0.6) is 0 Å². The minimum Gasteiger partial charge on any atom is -0.354 e. The van der Waals surface area contributed by atoms with Crippen molar-refractivity contribution in [3.05, 3.63) is 71.4 Å². The molecule has 174 valence electrons. The summed E-state index contributed by atoms with van der Waals surface area (Å²) in [5.41, 5.74) is 5.07. The van der Waals surface area contributed by atoms with Crippen molar-refractivity contribution < 1.29 is 0 Å². The van der Waals surface area contributed by atoms with Crippen LogP contribution in [0.25, 0.3) is 11.4 Å². The van der Waals surface area contributed by atoms with Crippen LogP contribution in [-0.4, -0.2) is 61.2 Å². The van der Waals surface area contributed by atoms with Gasteiger partial charge < -0.3 is 10.2 Å². The van der Waals surface area contributed by atoms with E-state index in [2.05, 4.69) is 58.5 Å². The van der Waals surface area contributed by atoms with E-state index in [0.717, 1.165) is 67.0 Å². The Balaban J connectivity index is 1.22. The Morgan fingerprint density at radius 1 is 0.853 bits per heavy atom. The molecule has 34 heavy (non-hydrogen) atoms. The van der Waals surface area contributed by atoms with Crippen LogP contribution in [0.2, 0.25) is 0 Å². The van der Waals surface area contributed by atoms with Gasteiger partial charge in [0.15, 0.2) is 11.6 Å². The minimum atomic E-state index is 0.644. The molecule has 4 aromatic rings. The first-order valence-electron chi connectivity index (χ1n) is 11.5. The lowest BCUT2D eigenvalue weighted by Crippen LogP contribution is -2.46. The van der Waals surface area contributed by atoms with E-state index in [9.17, 15) is 0 Å². The highest BCUT2D eigenvalue weighted by Crippen LogP contribution is 2.22. The molecule has 0 aromatic carbocycles. The maximum Gasteiger partial charge on any atom is 0.163 e. The molecule has 0 unspecified atom stereocenters. The maximum absolute atomic E-state index is 4.72. The molecule has 1 aliphatic rings. The molecule has 0 amide bonds. The predicted octanol–water partition coefficient (Wildman–Crippen LogP) is 3.65. The zero-order valence-corrected chi connectivity index (χ0v) is 19.8. The van der Waals surface area contributed by atoms with Gasteiger partial charge in [-0.15, -0.1) is 0 Å². The monoisotopic (exact) mass is 455 g/mol. The number of aromatic amines is 1. The van der Waals surface area contributed by atoms with Crippen LogP contribution in [0.15, 0.2) is 48.8 Å². The highest BCUT2D eigenvalue weighted by molar-refractivity contribution is 5.61. The fourth-order valence-electron chi connectivity index (χ4n) is 4.07. The van der Waals surface area contributed by atoms with Crippen LogP contribution < -0.4 is 10.2 Å². The largest absolute Gasteiger partial charge is 0.354 e. The van der Waals surface area contributed by atoms with Gasteiger partial charge in [0.05, 0.1) is 0 Å². The van der Waals surface area contributed by atoms with Crippen LogP contribution >= 0.6 is 0 Å². The molecule has 1 fully saturated rings. The summed E-state index contributed by atoms with van der Waals surface area (Å²) >= 11 is 0. The van der Waals surface area contributed by atoms with Gasteiger partial charge in [0.2, 0.25) is 0 Å². The normalized spacial score (nSPS) is 14.4. The lowest BCUT2D eigenvalue weighted by molar-refractivity contribution is 0.249. The summed E-state index contributed by atoms with van der Waals surface area (Å²) < 4.78 is 0. The molecule has 9 heteroatoms. The van der Waals surface area contributed by atoms with Crippen LogP contribution in [0.1, 0.15) is 22.6 Å². The van der Waals surface area contributed by atoms with E-state index in [-0.39, 0.29) is 0 Å². The number of anilines is 3. The molecule has 0 radical (unpaired) electrons. The fourth-order valence-corrected chi connectivity index (χ4v) is 4.07. The highest BCUT2D eigenvalue weighted by Gasteiger charge is 2.18. The van der Waals surface area contributed by atoms with Gasteiger partial charge in [0.1, 0.15) is 11.6 Å². The van der Waals surface area contributed by atoms with Gasteiger partial charge in [-0.05, 0) is 44.5 Å². The van der Waals surface area contributed by atoms with E-state index in [0.29, 0.717) is 11.6 Å². The summed E-state index contributed by atoms with van der Waals surface area (Å²) in [4.78, 5) is 23.2. The predicted molar refractivity (Wildman–Crippen MR) is 133 cm³/mol. The van der Waals surface area contributed by atoms with E-state index in [1.807, 2.05) is 51.4 Å². The van der Waals surface area contributed by atoms with Crippen LogP contribution in [0.4, 0.5) is 17.5 Å². The number of pyridine rings is 2. The topological polar surface area (TPSA) is 98.8 Å². The summed E-state index contributed by atoms with van der Waals surface area (Å²) in [6.07, 6.45) is 3.84. The number of rotatable bonds is 6. The molecule has 9 nitrogen and oxygen atoms in total. The van der Waals surface area contributed by atoms with Crippen molar-refractivity contribution in [3.63, 3.8) is 0 Å². The molecule has 0 saturated carbocycles. The number of aryl methyl sites for hydroxylation is 3. The lowest BCUT2D eigenvalue weighted by atomic mass is 10.2. The summed E-state index contributed by atoms with van der Waals surface area (Å²) in [5.74, 6) is 3.06. The first-order chi connectivity index (χ1) is 16.5. The second-order valence-electron chi connectivity index (χ2n) is 8.76. The molecular formula is C25H29N9. The maximum atomic E-state index is 4.72. The van der Waals surface area contributed by atoms with Gasteiger partial charge >= 0.3 is 0 Å². The zero-order valence-electron chi connectivity index (χ0n) is 19.8. The standard InChI is InChI=1S/C25H29N9/c1-17-4-5-20(14-26-17)16-33-8-10-34(11-9-33)24-7-6-21(15-27-24)25-28-18(2)12-22(30-25)29-23-13-19(3)31-32-23/h4-7,12-15H,8-11,16H2,1-3H3,(H2,28,29,30,31,32). The Bertz CT molecular complexity index is 1240. The van der Waals surface area contributed by atoms with Crippen LogP contribution in [-0.2, 0) is 6.54 Å². The van der Waals surface area contributed by atoms with Gasteiger partial charge in [-0.3, -0.25) is 15.0 Å². The Kier molecular flexibility index (Phi) is 6.18. The summed E-state index contributed by atoms with van der Waals surface area (Å²) in [7, 11) is 0. The summed E-state index contributed by atoms with van der Waals surface area (Å²) in [5, 5.41) is 10.4. The van der Waals surface area contributed by atoms with Crippen molar-refractivity contribution in [2.75, 3.05) is 36.4 Å². The number of hydrogen-bond acceptors (Lipinski definition) is 8. The molecule has 0 atom stereocenters. The first-order valence-corrected chi connectivity index (χ1v) is 11.5. The Labute approximate surface area is 199 Å². The lowest BCUT2D eigenvalue weighted by Gasteiger charge is -2.35. The third-order valence-electron chi connectivity index (χ3n) is 5.90. The Morgan fingerprint density at radius 3 is 2.38 bits per heavy atom. The van der Waals surface area contributed by atoms with Crippen molar-refractivity contribution in [1.29, 1.82) is 0 Å². The highest BCUT2D eigenvalue weighted by atomic mass is 15.3. The molecule has 0 spiro atoms. The van der Waals surface area contributed by atoms with Gasteiger partial charge in [0, 0.05) is 79.9 Å². The third-order valence-corrected chi connectivity index (χ3v) is 5.90. The van der Waals surface area contributed by atoms with E-state index in [1.54, 1.807) is 0 Å². The van der Waals surface area contributed by atoms with Gasteiger partial charge in [-0.1, -0.05) is 6.07 Å². The van der Waals surface area contributed by atoms with Crippen LogP contribution in [0, 0.1) is 20.8 Å². The zero-order chi connectivity index (χ0) is 23.5. The van der Waals surface area contributed by atoms with Crippen molar-refractivity contribution in [1.82, 2.24) is 35.0 Å². The summed E-state index contributed by atoms with van der Waals surface area (Å²) in [6.45, 7) is 10.8. The van der Waals surface area contributed by atoms with Crippen molar-refractivity contribution in [2.45, 2.75) is 27.3 Å². The molecule has 5 heterocycles. The minimum absolute atomic E-state index is 0.644. The average Bonchev–Trinajstić information content (AvgIpc) is 3.25. The van der Waals surface area contributed by atoms with Gasteiger partial charge in [0.25, 0.3) is 0 Å². The molecular weight excluding hydrogens is 426 g/mol. The molecule has 2 N–H and O–H groups in total. The number of piperazine rings is 1. The second kappa shape index (κ2) is 9.56. The first kappa shape index (κ1) is 22.0. The fraction of sp³-hybridized carbons (Fsp3) is 0.320. The molecule has 1 aliphatic heterocycles. The van der Waals surface area contributed by atoms with Crippen molar-refractivity contribution in [2.24, 2.45) is 0 Å². The second-order valence-corrected chi connectivity index (χ2v) is 8.76. The number of nitrogens with one attached hydrogen (secondary N) is 2. The van der Waals surface area contributed by atoms with E-state index >= 15 is 0 Å². The summed E-state index contributed by atoms with van der Waals surface area (Å²) in [6, 6.07) is 12.2. The smallest absolute Gasteiger partial charge is 0.163 e. The molecule has 0 aliphatic carbocycles. The quantitative estimate of drug-likeness (QED) is 0.455. The van der Waals surface area contributed by atoms with Gasteiger partial charge in [-0.25, -0.2) is 15.0 Å². The molecule has 5 rings (SSSR count). The van der Waals surface area contributed by atoms with E-state index < -0.39 is 0 Å². The van der Waals surface area contributed by atoms with E-state index in [4.69, 9.17) is 4.98 Å². The SMILES string of the molecule is Cc1ccc(CN2CCN(c3ccc(-c4nc(C)cc(Nc5cc(C)[nH]n5)n4)cn3)CC2)cn1. The van der Waals surface area contributed by atoms with Gasteiger partial charge in [-0.2, -0.15) is 5.10 Å². The third kappa shape index (κ3) is 5.20. The van der Waals surface area contributed by atoms with Crippen LogP contribution in [0.3, 0.4) is 0 Å². The number of hydrogen-bond donors (Lipinski definition) is 2. The Morgan fingerprint density at radius 2 is 1.71 bits per heavy atom. The molecule has 4 aromatic heterocycles. The Hall–Kier alpha value is -3.85. The number of nitrogens with zero attached hydrogens (tertiary/aromatic N) is 7. The average molecular weight is 456 g/mol. The van der Waals surface area contributed by atoms with Crippen molar-refractivity contribution in [3.8, 4) is 11.4 Å². The molecule has 1 saturated heterocycles. The number of H-pyrrole nitrogens is 1. The van der Waals surface area contributed by atoms with E-state index in [1.165, 1.54) is 5.56 Å².